The van der Waals surface area contributed by atoms with E-state index in [1.165, 1.54) is 48.5 Å². The summed E-state index contributed by atoms with van der Waals surface area (Å²) in [5, 5.41) is 6.79. The number of hydrogen-bond donors (Lipinski definition) is 3. The van der Waals surface area contributed by atoms with Crippen molar-refractivity contribution in [3.63, 3.8) is 0 Å². The van der Waals surface area contributed by atoms with E-state index in [-0.39, 0.29) is 10.5 Å². The number of aliphatic imine (C=N–C) groups is 1. The van der Waals surface area contributed by atoms with E-state index < -0.39 is 28.2 Å². The molecule has 0 unspecified atom stereocenters. The van der Waals surface area contributed by atoms with Crippen molar-refractivity contribution < 1.29 is 31.1 Å². The Hall–Kier alpha value is -3.12. The van der Waals surface area contributed by atoms with Crippen LogP contribution in [0.1, 0.15) is 10.4 Å². The van der Waals surface area contributed by atoms with Gasteiger partial charge < -0.3 is 10.5 Å². The van der Waals surface area contributed by atoms with Crippen LogP contribution in [0.3, 0.4) is 0 Å². The maximum Gasteiger partial charge on any atom is 0.506 e. The van der Waals surface area contributed by atoms with Gasteiger partial charge in [-0.25, -0.2) is 13.6 Å². The fraction of sp³-hybridized carbons (Fsp3) is 0.0667. The molecule has 2 rings (SSSR count). The molecule has 0 atom stereocenters. The third-order valence-corrected chi connectivity index (χ3v) is 3.92. The van der Waals surface area contributed by atoms with Crippen LogP contribution in [-0.4, -0.2) is 26.6 Å². The van der Waals surface area contributed by atoms with Crippen LogP contribution in [0.2, 0.25) is 0 Å². The van der Waals surface area contributed by atoms with Crippen LogP contribution in [0, 0.1) is 0 Å². The molecule has 0 aliphatic carbocycles. The molecular formula is C15H13F3N4O4S. The van der Waals surface area contributed by atoms with Gasteiger partial charge in [-0.15, -0.1) is 13.2 Å². The number of nitrogens with two attached hydrogens (primary N) is 2. The summed E-state index contributed by atoms with van der Waals surface area (Å²) >= 11 is 0. The van der Waals surface area contributed by atoms with Gasteiger partial charge in [-0.1, -0.05) is 0 Å². The fourth-order valence-corrected chi connectivity index (χ4v) is 2.38. The van der Waals surface area contributed by atoms with Crippen molar-refractivity contribution >= 4 is 21.9 Å². The lowest BCUT2D eigenvalue weighted by Crippen LogP contribution is -2.38. The highest BCUT2D eigenvalue weighted by Gasteiger charge is 2.27. The van der Waals surface area contributed by atoms with Crippen LogP contribution >= 0.6 is 0 Å². The minimum absolute atomic E-state index is 0.0206. The second kappa shape index (κ2) is 7.63. The fourth-order valence-electron chi connectivity index (χ4n) is 1.86. The smallest absolute Gasteiger partial charge is 0.457 e. The molecule has 0 aliphatic rings. The molecular weight excluding hydrogens is 389 g/mol. The molecule has 27 heavy (non-hydrogen) atoms. The van der Waals surface area contributed by atoms with Crippen LogP contribution in [-0.2, 0) is 10.0 Å². The molecule has 5 N–H and O–H groups in total. The minimum Gasteiger partial charge on any atom is -0.457 e. The van der Waals surface area contributed by atoms with Gasteiger partial charge in [0.2, 0.25) is 16.0 Å². The maximum absolute atomic E-state index is 12.0. The predicted octanol–water partition coefficient (Wildman–Crippen LogP) is 1.69. The van der Waals surface area contributed by atoms with Crippen LogP contribution in [0.5, 0.6) is 11.5 Å². The van der Waals surface area contributed by atoms with E-state index in [9.17, 15) is 26.4 Å². The van der Waals surface area contributed by atoms with Crippen LogP contribution in [0.4, 0.5) is 13.2 Å². The normalized spacial score (nSPS) is 12.5. The maximum atomic E-state index is 12.0. The number of hydrogen-bond acceptors (Lipinski definition) is 5. The van der Waals surface area contributed by atoms with Crippen molar-refractivity contribution in [1.82, 2.24) is 5.32 Å². The number of carbonyl (C=O) groups excluding carboxylic acids is 1. The van der Waals surface area contributed by atoms with Gasteiger partial charge in [-0.2, -0.15) is 4.99 Å². The minimum atomic E-state index is -4.89. The Kier molecular flexibility index (Phi) is 5.71. The first-order valence-corrected chi connectivity index (χ1v) is 8.63. The number of guanidine groups is 1. The summed E-state index contributed by atoms with van der Waals surface area (Å²) in [5.74, 6) is -1.36. The third-order valence-electron chi connectivity index (χ3n) is 2.99. The summed E-state index contributed by atoms with van der Waals surface area (Å²) in [6.45, 7) is 0. The van der Waals surface area contributed by atoms with Crippen LogP contribution in [0.15, 0.2) is 58.4 Å². The van der Waals surface area contributed by atoms with Gasteiger partial charge in [0.05, 0.1) is 4.90 Å². The zero-order valence-electron chi connectivity index (χ0n) is 13.4. The Morgan fingerprint density at radius 3 is 1.93 bits per heavy atom. The predicted molar refractivity (Wildman–Crippen MR) is 89.5 cm³/mol. The Labute approximate surface area is 151 Å². The Morgan fingerprint density at radius 1 is 1.00 bits per heavy atom. The highest BCUT2D eigenvalue weighted by atomic mass is 32.2. The second-order valence-electron chi connectivity index (χ2n) is 5.06. The van der Waals surface area contributed by atoms with Gasteiger partial charge in [0.15, 0.2) is 0 Å². The number of nitrogens with zero attached hydrogens (tertiary/aromatic N) is 1. The molecule has 8 nitrogen and oxygen atoms in total. The third kappa shape index (κ3) is 6.27. The zero-order chi connectivity index (χ0) is 20.2. The van der Waals surface area contributed by atoms with E-state index in [0.717, 1.165) is 0 Å². The lowest BCUT2D eigenvalue weighted by Gasteiger charge is -2.08. The van der Waals surface area contributed by atoms with Gasteiger partial charge in [-0.05, 0) is 48.5 Å². The molecule has 0 aliphatic heterocycles. The molecule has 2 aromatic carbocycles. The van der Waals surface area contributed by atoms with Crippen molar-refractivity contribution in [2.45, 2.75) is 11.2 Å². The van der Waals surface area contributed by atoms with Gasteiger partial charge in [0.1, 0.15) is 11.5 Å². The Balaban J connectivity index is 2.05. The lowest BCUT2D eigenvalue weighted by atomic mass is 10.2. The number of amides is 1. The molecule has 0 heterocycles. The summed E-state index contributed by atoms with van der Waals surface area (Å²) in [7, 11) is -3.82. The molecule has 0 spiro atoms. The Bertz CT molecular complexity index is 956. The molecule has 12 heteroatoms. The Morgan fingerprint density at radius 2 is 1.48 bits per heavy atom. The van der Waals surface area contributed by atoms with E-state index in [4.69, 9.17) is 15.6 Å². The van der Waals surface area contributed by atoms with Crippen molar-refractivity contribution in [2.24, 2.45) is 15.9 Å². The number of rotatable bonds is 4. The lowest BCUT2D eigenvalue weighted by molar-refractivity contribution is -0.119. The number of alkyl halides is 3. The topological polar surface area (TPSA) is 137 Å². The van der Waals surface area contributed by atoms with E-state index in [1.54, 1.807) is 5.32 Å². The van der Waals surface area contributed by atoms with Crippen LogP contribution < -0.4 is 20.9 Å². The van der Waals surface area contributed by atoms with E-state index in [1.807, 2.05) is 0 Å². The highest BCUT2D eigenvalue weighted by molar-refractivity contribution is 7.89. The first kappa shape index (κ1) is 20.2. The number of halogens is 3. The largest absolute Gasteiger partial charge is 0.506 e. The van der Waals surface area contributed by atoms with Gasteiger partial charge >= 0.3 is 6.30 Å². The first-order valence-electron chi connectivity index (χ1n) is 7.08. The SMILES string of the molecule is NC(=NC(F)(F)F)NC(=O)c1ccc(Oc2ccc(S(N)(=O)=O)cc2)cc1. The summed E-state index contributed by atoms with van der Waals surface area (Å²) in [4.78, 5) is 13.9. The molecule has 0 fully saturated rings. The number of benzene rings is 2. The van der Waals surface area contributed by atoms with Gasteiger partial charge in [0.25, 0.3) is 5.91 Å². The standard InChI is InChI=1S/C15H13F3N4O4S/c16-15(17,18)22-14(19)21-13(23)9-1-3-10(4-2-9)26-11-5-7-12(8-6-11)27(20,24)25/h1-8H,(H2,20,24,25)(H3,19,21,22,23). The first-order chi connectivity index (χ1) is 12.4. The number of carbonyl (C=O) groups is 1. The van der Waals surface area contributed by atoms with Crippen LogP contribution in [0.25, 0.3) is 0 Å². The molecule has 0 radical (unpaired) electrons. The summed E-state index contributed by atoms with van der Waals surface area (Å²) in [5.41, 5.74) is 5.02. The summed E-state index contributed by atoms with van der Waals surface area (Å²) < 4.78 is 63.9. The molecule has 0 aromatic heterocycles. The van der Waals surface area contributed by atoms with Crippen molar-refractivity contribution in [3.8, 4) is 11.5 Å². The molecule has 144 valence electrons. The van der Waals surface area contributed by atoms with E-state index in [2.05, 4.69) is 4.99 Å². The van der Waals surface area contributed by atoms with Gasteiger partial charge in [-0.3, -0.25) is 10.1 Å². The summed E-state index contributed by atoms with van der Waals surface area (Å²) in [6.07, 6.45) is -4.89. The van der Waals surface area contributed by atoms with E-state index >= 15 is 0 Å². The highest BCUT2D eigenvalue weighted by Crippen LogP contribution is 2.23. The number of primary sulfonamides is 1. The number of ether oxygens (including phenoxy) is 1. The summed E-state index contributed by atoms with van der Waals surface area (Å²) in [6, 6.07) is 10.7. The number of nitrogens with one attached hydrogen (secondary N) is 1. The quantitative estimate of drug-likeness (QED) is 0.406. The van der Waals surface area contributed by atoms with Crippen molar-refractivity contribution in [2.75, 3.05) is 0 Å². The average molecular weight is 402 g/mol. The monoisotopic (exact) mass is 402 g/mol. The van der Waals surface area contributed by atoms with Gasteiger partial charge in [0, 0.05) is 5.56 Å². The molecule has 0 saturated carbocycles. The van der Waals surface area contributed by atoms with E-state index in [0.29, 0.717) is 11.5 Å². The molecule has 0 saturated heterocycles. The zero-order valence-corrected chi connectivity index (χ0v) is 14.2. The molecule has 2 aromatic rings. The number of sulfonamides is 1. The second-order valence-corrected chi connectivity index (χ2v) is 6.62. The average Bonchev–Trinajstić information content (AvgIpc) is 2.53. The molecule has 0 bridgehead atoms. The van der Waals surface area contributed by atoms with Crippen molar-refractivity contribution in [1.29, 1.82) is 0 Å². The molecule has 1 amide bonds. The van der Waals surface area contributed by atoms with Crippen molar-refractivity contribution in [3.05, 3.63) is 54.1 Å².